The maximum atomic E-state index is 13.2. The van der Waals surface area contributed by atoms with Gasteiger partial charge in [-0.15, -0.1) is 0 Å². The van der Waals surface area contributed by atoms with E-state index in [1.54, 1.807) is 36.4 Å². The highest BCUT2D eigenvalue weighted by Gasteiger charge is 2.07. The van der Waals surface area contributed by atoms with E-state index >= 15 is 0 Å². The fourth-order valence-corrected chi connectivity index (χ4v) is 3.02. The highest BCUT2D eigenvalue weighted by Crippen LogP contribution is 2.23. The van der Waals surface area contributed by atoms with Crippen LogP contribution in [0.5, 0.6) is 0 Å². The van der Waals surface area contributed by atoms with Crippen LogP contribution < -0.4 is 10.0 Å². The van der Waals surface area contributed by atoms with Crippen LogP contribution in [-0.2, 0) is 0 Å². The molecule has 0 saturated heterocycles. The number of rotatable bonds is 5. The predicted octanol–water partition coefficient (Wildman–Crippen LogP) is 6.10. The van der Waals surface area contributed by atoms with E-state index in [2.05, 4.69) is 26.0 Å². The van der Waals surface area contributed by atoms with E-state index in [4.69, 9.17) is 0 Å². The van der Waals surface area contributed by atoms with Crippen molar-refractivity contribution in [2.45, 2.75) is 4.90 Å². The van der Waals surface area contributed by atoms with E-state index < -0.39 is 11.6 Å². The molecule has 3 rings (SSSR count). The Morgan fingerprint density at radius 2 is 1.50 bits per heavy atom. The lowest BCUT2D eigenvalue weighted by Crippen LogP contribution is -2.11. The summed E-state index contributed by atoms with van der Waals surface area (Å²) in [6, 6.07) is 17.8. The minimum absolute atomic E-state index is 0.216. The molecule has 26 heavy (non-hydrogen) atoms. The Morgan fingerprint density at radius 3 is 2.15 bits per heavy atom. The van der Waals surface area contributed by atoms with Crippen molar-refractivity contribution in [3.05, 3.63) is 88.4 Å². The van der Waals surface area contributed by atoms with Crippen molar-refractivity contribution in [2.24, 2.45) is 0 Å². The van der Waals surface area contributed by atoms with E-state index in [0.717, 1.165) is 34.2 Å². The van der Waals surface area contributed by atoms with Crippen molar-refractivity contribution < 1.29 is 13.6 Å². The van der Waals surface area contributed by atoms with Crippen molar-refractivity contribution in [3.63, 3.8) is 0 Å². The third-order valence-corrected chi connectivity index (χ3v) is 4.78. The molecule has 3 nitrogen and oxygen atoms in total. The molecule has 0 heterocycles. The number of nitrogens with one attached hydrogen (secondary N) is 2. The first-order valence-corrected chi connectivity index (χ1v) is 9.17. The van der Waals surface area contributed by atoms with E-state index in [1.807, 2.05) is 12.1 Å². The number of carbonyl (C=O) groups excluding carboxylic acids is 1. The summed E-state index contributed by atoms with van der Waals surface area (Å²) in [7, 11) is 0. The molecule has 3 aromatic carbocycles. The van der Waals surface area contributed by atoms with Crippen LogP contribution in [0.2, 0.25) is 0 Å². The van der Waals surface area contributed by atoms with Gasteiger partial charge < -0.3 is 10.0 Å². The van der Waals surface area contributed by atoms with Crippen molar-refractivity contribution in [2.75, 3.05) is 10.0 Å². The van der Waals surface area contributed by atoms with Crippen LogP contribution in [0.15, 0.2) is 76.1 Å². The van der Waals surface area contributed by atoms with Gasteiger partial charge in [-0.1, -0.05) is 15.9 Å². The molecule has 7 heteroatoms. The number of hydrogen-bond acceptors (Lipinski definition) is 3. The van der Waals surface area contributed by atoms with Gasteiger partial charge in [0.05, 0.1) is 0 Å². The SMILES string of the molecule is O=C(Nc1ccc(Br)cc1)c1ccc(NSc2ccc(F)c(F)c2)cc1. The Morgan fingerprint density at radius 1 is 0.846 bits per heavy atom. The quantitative estimate of drug-likeness (QED) is 0.476. The summed E-state index contributed by atoms with van der Waals surface area (Å²) in [6.45, 7) is 0. The molecule has 3 aromatic rings. The summed E-state index contributed by atoms with van der Waals surface area (Å²) in [5.74, 6) is -1.99. The van der Waals surface area contributed by atoms with Crippen molar-refractivity contribution in [1.29, 1.82) is 0 Å². The van der Waals surface area contributed by atoms with Crippen molar-refractivity contribution in [1.82, 2.24) is 0 Å². The molecule has 132 valence electrons. The van der Waals surface area contributed by atoms with Gasteiger partial charge in [-0.3, -0.25) is 4.79 Å². The standard InChI is InChI=1S/C19H13BrF2N2OS/c20-13-3-7-14(8-4-13)23-19(25)12-1-5-15(6-2-12)24-26-16-9-10-17(21)18(22)11-16/h1-11,24H,(H,23,25). The topological polar surface area (TPSA) is 41.1 Å². The van der Waals surface area contributed by atoms with Gasteiger partial charge in [0.15, 0.2) is 11.6 Å². The molecule has 0 fully saturated rings. The lowest BCUT2D eigenvalue weighted by Gasteiger charge is -2.08. The Bertz CT molecular complexity index is 918. The van der Waals surface area contributed by atoms with Crippen LogP contribution in [0.1, 0.15) is 10.4 Å². The monoisotopic (exact) mass is 434 g/mol. The average Bonchev–Trinajstić information content (AvgIpc) is 2.65. The van der Waals surface area contributed by atoms with Crippen molar-refractivity contribution >= 4 is 45.2 Å². The summed E-state index contributed by atoms with van der Waals surface area (Å²) < 4.78 is 30.1. The number of benzene rings is 3. The largest absolute Gasteiger partial charge is 0.326 e. The zero-order valence-electron chi connectivity index (χ0n) is 13.3. The number of hydrogen-bond donors (Lipinski definition) is 2. The van der Waals surface area contributed by atoms with Gasteiger partial charge in [-0.25, -0.2) is 8.78 Å². The van der Waals surface area contributed by atoms with Gasteiger partial charge in [-0.2, -0.15) is 0 Å². The minimum atomic E-state index is -0.892. The van der Waals surface area contributed by atoms with Gasteiger partial charge >= 0.3 is 0 Å². The molecule has 0 saturated carbocycles. The molecular weight excluding hydrogens is 422 g/mol. The van der Waals surface area contributed by atoms with Gasteiger partial charge in [0.25, 0.3) is 5.91 Å². The third kappa shape index (κ3) is 4.83. The number of amides is 1. The first kappa shape index (κ1) is 18.4. The molecular formula is C19H13BrF2N2OS. The van der Waals surface area contributed by atoms with Crippen LogP contribution in [-0.4, -0.2) is 5.91 Å². The molecule has 0 aliphatic heterocycles. The summed E-state index contributed by atoms with van der Waals surface area (Å²) in [6.07, 6.45) is 0. The van der Waals surface area contributed by atoms with E-state index in [1.165, 1.54) is 6.07 Å². The fourth-order valence-electron chi connectivity index (χ4n) is 2.08. The van der Waals surface area contributed by atoms with Crippen LogP contribution in [0, 0.1) is 11.6 Å². The predicted molar refractivity (Wildman–Crippen MR) is 104 cm³/mol. The van der Waals surface area contributed by atoms with Crippen molar-refractivity contribution in [3.8, 4) is 0 Å². The Balaban J connectivity index is 1.59. The smallest absolute Gasteiger partial charge is 0.255 e. The van der Waals surface area contributed by atoms with Gasteiger partial charge in [0.1, 0.15) is 0 Å². The molecule has 0 aliphatic rings. The zero-order valence-corrected chi connectivity index (χ0v) is 15.7. The molecule has 0 bridgehead atoms. The molecule has 0 radical (unpaired) electrons. The summed E-state index contributed by atoms with van der Waals surface area (Å²) in [5, 5.41) is 2.81. The van der Waals surface area contributed by atoms with Gasteiger partial charge in [0.2, 0.25) is 0 Å². The molecule has 1 amide bonds. The Kier molecular flexibility index (Phi) is 5.90. The second-order valence-corrected chi connectivity index (χ2v) is 7.11. The lowest BCUT2D eigenvalue weighted by atomic mass is 10.2. The molecule has 0 unspecified atom stereocenters. The molecule has 2 N–H and O–H groups in total. The van der Waals surface area contributed by atoms with E-state index in [0.29, 0.717) is 16.1 Å². The second kappa shape index (κ2) is 8.33. The molecule has 0 atom stereocenters. The maximum Gasteiger partial charge on any atom is 0.255 e. The fraction of sp³-hybridized carbons (Fsp3) is 0. The normalized spacial score (nSPS) is 10.4. The first-order valence-electron chi connectivity index (χ1n) is 7.56. The third-order valence-electron chi connectivity index (χ3n) is 3.43. The van der Waals surface area contributed by atoms with E-state index in [9.17, 15) is 13.6 Å². The second-order valence-electron chi connectivity index (χ2n) is 5.32. The Labute approximate surface area is 162 Å². The molecule has 0 aromatic heterocycles. The summed E-state index contributed by atoms with van der Waals surface area (Å²) >= 11 is 4.50. The minimum Gasteiger partial charge on any atom is -0.326 e. The first-order chi connectivity index (χ1) is 12.5. The lowest BCUT2D eigenvalue weighted by molar-refractivity contribution is 0.102. The maximum absolute atomic E-state index is 13.2. The van der Waals surface area contributed by atoms with Crippen LogP contribution in [0.4, 0.5) is 20.2 Å². The highest BCUT2D eigenvalue weighted by molar-refractivity contribution is 9.10. The summed E-state index contributed by atoms with van der Waals surface area (Å²) in [4.78, 5) is 12.8. The Hall–Kier alpha value is -2.38. The van der Waals surface area contributed by atoms with Gasteiger partial charge in [0, 0.05) is 26.3 Å². The van der Waals surface area contributed by atoms with Crippen LogP contribution in [0.25, 0.3) is 0 Å². The van der Waals surface area contributed by atoms with E-state index in [-0.39, 0.29) is 5.91 Å². The number of halogens is 3. The van der Waals surface area contributed by atoms with Crippen LogP contribution >= 0.6 is 27.9 Å². The average molecular weight is 435 g/mol. The van der Waals surface area contributed by atoms with Gasteiger partial charge in [-0.05, 0) is 78.7 Å². The molecule has 0 spiro atoms. The van der Waals surface area contributed by atoms with Crippen LogP contribution in [0.3, 0.4) is 0 Å². The number of anilines is 2. The summed E-state index contributed by atoms with van der Waals surface area (Å²) in [5.41, 5.74) is 1.95. The highest BCUT2D eigenvalue weighted by atomic mass is 79.9. The molecule has 0 aliphatic carbocycles. The zero-order chi connectivity index (χ0) is 18.5. The number of carbonyl (C=O) groups is 1.